The summed E-state index contributed by atoms with van der Waals surface area (Å²) in [5.41, 5.74) is 1.31. The van der Waals surface area contributed by atoms with Crippen LogP contribution < -0.4 is 9.47 Å². The number of esters is 1. The summed E-state index contributed by atoms with van der Waals surface area (Å²) >= 11 is 0. The van der Waals surface area contributed by atoms with E-state index in [9.17, 15) is 4.79 Å². The van der Waals surface area contributed by atoms with Crippen LogP contribution in [-0.4, -0.2) is 45.1 Å². The fourth-order valence-electron chi connectivity index (χ4n) is 5.93. The van der Waals surface area contributed by atoms with Crippen molar-refractivity contribution in [3.63, 3.8) is 0 Å². The smallest absolute Gasteiger partial charge is 0.330 e. The quantitative estimate of drug-likeness (QED) is 0.0582. The molecule has 2 aromatic rings. The second kappa shape index (κ2) is 23.5. The summed E-state index contributed by atoms with van der Waals surface area (Å²) in [5, 5.41) is 0. The fraction of sp³-hybridized carbons (Fsp3) is 0.625. The van der Waals surface area contributed by atoms with Gasteiger partial charge >= 0.3 is 5.97 Å². The summed E-state index contributed by atoms with van der Waals surface area (Å²) in [6, 6.07) is 17.5. The van der Waals surface area contributed by atoms with Gasteiger partial charge in [0.1, 0.15) is 23.7 Å². The van der Waals surface area contributed by atoms with Crippen LogP contribution >= 0.6 is 0 Å². The maximum Gasteiger partial charge on any atom is 0.330 e. The third kappa shape index (κ3) is 16.1. The van der Waals surface area contributed by atoms with Gasteiger partial charge in [-0.15, -0.1) is 0 Å². The highest BCUT2D eigenvalue weighted by Crippen LogP contribution is 2.32. The highest BCUT2D eigenvalue weighted by molar-refractivity contribution is 5.83. The molecule has 0 radical (unpaired) electrons. The first-order chi connectivity index (χ1) is 22.6. The lowest BCUT2D eigenvalue weighted by atomic mass is 9.99. The Morgan fingerprint density at radius 2 is 1.30 bits per heavy atom. The average Bonchev–Trinajstić information content (AvgIpc) is 3.48. The number of unbranched alkanes of at least 4 members (excludes halogenated alkanes) is 15. The van der Waals surface area contributed by atoms with Crippen molar-refractivity contribution in [2.75, 3.05) is 33.5 Å². The van der Waals surface area contributed by atoms with Crippen LogP contribution in [0.2, 0.25) is 0 Å². The van der Waals surface area contributed by atoms with Crippen LogP contribution in [0.25, 0.3) is 0 Å². The third-order valence-corrected chi connectivity index (χ3v) is 8.72. The topological polar surface area (TPSA) is 63.2 Å². The van der Waals surface area contributed by atoms with E-state index in [0.29, 0.717) is 39.5 Å². The first-order valence-corrected chi connectivity index (χ1v) is 18.0. The normalized spacial score (nSPS) is 17.0. The van der Waals surface area contributed by atoms with E-state index in [-0.39, 0.29) is 5.97 Å². The first-order valence-electron chi connectivity index (χ1n) is 18.0. The second-order valence-corrected chi connectivity index (χ2v) is 12.9. The average molecular weight is 637 g/mol. The zero-order valence-corrected chi connectivity index (χ0v) is 28.8. The molecule has 0 N–H and O–H groups in total. The number of rotatable bonds is 26. The van der Waals surface area contributed by atoms with Crippen molar-refractivity contribution in [2.24, 2.45) is 0 Å². The van der Waals surface area contributed by atoms with E-state index in [1.165, 1.54) is 89.9 Å². The number of carbonyl (C=O) groups is 1. The molecule has 0 aromatic heterocycles. The number of ether oxygens (including phenoxy) is 5. The molecule has 0 amide bonds. The van der Waals surface area contributed by atoms with Crippen LogP contribution in [-0.2, 0) is 25.6 Å². The van der Waals surface area contributed by atoms with Crippen LogP contribution in [0.1, 0.15) is 122 Å². The van der Waals surface area contributed by atoms with E-state index < -0.39 is 5.60 Å². The lowest BCUT2D eigenvalue weighted by Gasteiger charge is -2.28. The minimum absolute atomic E-state index is 0.295. The van der Waals surface area contributed by atoms with Gasteiger partial charge in [-0.25, -0.2) is 4.79 Å². The Balaban J connectivity index is 1.28. The highest BCUT2D eigenvalue weighted by atomic mass is 16.6. The molecule has 1 unspecified atom stereocenters. The summed E-state index contributed by atoms with van der Waals surface area (Å²) < 4.78 is 29.2. The molecule has 6 nitrogen and oxygen atoms in total. The van der Waals surface area contributed by atoms with E-state index in [2.05, 4.69) is 6.92 Å². The van der Waals surface area contributed by atoms with Gasteiger partial charge in [0.05, 0.1) is 33.5 Å². The van der Waals surface area contributed by atoms with Crippen molar-refractivity contribution in [3.8, 4) is 11.5 Å². The number of hydrogen-bond acceptors (Lipinski definition) is 6. The Morgan fingerprint density at radius 3 is 1.89 bits per heavy atom. The Kier molecular flexibility index (Phi) is 19.2. The minimum atomic E-state index is -0.686. The van der Waals surface area contributed by atoms with Gasteiger partial charge in [-0.3, -0.25) is 0 Å². The lowest BCUT2D eigenvalue weighted by molar-refractivity contribution is -0.137. The van der Waals surface area contributed by atoms with Gasteiger partial charge in [-0.05, 0) is 41.8 Å². The molecule has 256 valence electrons. The lowest BCUT2D eigenvalue weighted by Crippen LogP contribution is -2.40. The van der Waals surface area contributed by atoms with E-state index >= 15 is 0 Å². The molecule has 6 heteroatoms. The zero-order chi connectivity index (χ0) is 32.5. The van der Waals surface area contributed by atoms with Crippen molar-refractivity contribution >= 4 is 5.97 Å². The second-order valence-electron chi connectivity index (χ2n) is 12.9. The predicted molar refractivity (Wildman–Crippen MR) is 186 cm³/mol. The minimum Gasteiger partial charge on any atom is -0.497 e. The molecule has 2 aromatic carbocycles. The predicted octanol–water partition coefficient (Wildman–Crippen LogP) is 10.2. The van der Waals surface area contributed by atoms with Crippen LogP contribution in [0.5, 0.6) is 11.5 Å². The van der Waals surface area contributed by atoms with Gasteiger partial charge in [0.25, 0.3) is 0 Å². The molecular formula is C40H60O6. The first kappa shape index (κ1) is 37.6. The molecule has 0 spiro atoms. The summed E-state index contributed by atoms with van der Waals surface area (Å²) in [6.45, 7) is 4.24. The van der Waals surface area contributed by atoms with E-state index in [0.717, 1.165) is 35.5 Å². The van der Waals surface area contributed by atoms with E-state index in [4.69, 9.17) is 23.7 Å². The van der Waals surface area contributed by atoms with Crippen LogP contribution in [0.3, 0.4) is 0 Å². The standard InChI is InChI=1S/C40H60O6/c1-3-4-5-6-7-8-9-10-11-12-13-14-15-16-17-21-28-44-39(41)29-36-30-40(46-32-36,33-43-31-35-22-19-18-20-23-35)34-45-38-26-24-37(42-2)25-27-38/h18-20,22-27,29H,3-17,21,28,30-34H2,1-2H3/b36-29+. The van der Waals surface area contributed by atoms with Gasteiger partial charge in [0.2, 0.25) is 0 Å². The Labute approximate surface area is 279 Å². The molecule has 1 aliphatic rings. The molecule has 1 heterocycles. The number of methoxy groups -OCH3 is 1. The van der Waals surface area contributed by atoms with Gasteiger partial charge in [0, 0.05) is 12.5 Å². The van der Waals surface area contributed by atoms with Crippen molar-refractivity contribution < 1.29 is 28.5 Å². The number of hydrogen-bond donors (Lipinski definition) is 0. The van der Waals surface area contributed by atoms with Crippen molar-refractivity contribution in [1.82, 2.24) is 0 Å². The molecule has 1 fully saturated rings. The van der Waals surface area contributed by atoms with Gasteiger partial charge in [-0.1, -0.05) is 134 Å². The van der Waals surface area contributed by atoms with Crippen molar-refractivity contribution in [1.29, 1.82) is 0 Å². The number of carbonyl (C=O) groups excluding carboxylic acids is 1. The molecule has 0 saturated carbocycles. The third-order valence-electron chi connectivity index (χ3n) is 8.72. The molecule has 1 aliphatic heterocycles. The summed E-state index contributed by atoms with van der Waals surface area (Å²) in [7, 11) is 1.64. The van der Waals surface area contributed by atoms with Gasteiger partial charge in [-0.2, -0.15) is 0 Å². The van der Waals surface area contributed by atoms with Crippen molar-refractivity contribution in [3.05, 3.63) is 71.8 Å². The molecule has 1 saturated heterocycles. The number of benzene rings is 2. The van der Waals surface area contributed by atoms with Crippen LogP contribution in [0.4, 0.5) is 0 Å². The summed E-state index contributed by atoms with van der Waals surface area (Å²) in [4.78, 5) is 12.6. The molecule has 46 heavy (non-hydrogen) atoms. The largest absolute Gasteiger partial charge is 0.497 e. The van der Waals surface area contributed by atoms with E-state index in [1.54, 1.807) is 13.2 Å². The molecule has 0 bridgehead atoms. The maximum atomic E-state index is 12.6. The van der Waals surface area contributed by atoms with Gasteiger partial charge in [0.15, 0.2) is 0 Å². The Morgan fingerprint density at radius 1 is 0.739 bits per heavy atom. The SMILES string of the molecule is CCCCCCCCCCCCCCCCCCOC(=O)/C=C1/COC(COCc2ccccc2)(COc2ccc(OC)cc2)C1. The van der Waals surface area contributed by atoms with E-state index in [1.807, 2.05) is 54.6 Å². The maximum absolute atomic E-state index is 12.6. The molecule has 1 atom stereocenters. The Bertz CT molecular complexity index is 1080. The highest BCUT2D eigenvalue weighted by Gasteiger charge is 2.39. The van der Waals surface area contributed by atoms with Crippen LogP contribution in [0.15, 0.2) is 66.2 Å². The summed E-state index contributed by atoms with van der Waals surface area (Å²) in [6.07, 6.45) is 23.3. The van der Waals surface area contributed by atoms with Gasteiger partial charge < -0.3 is 23.7 Å². The summed E-state index contributed by atoms with van der Waals surface area (Å²) in [5.74, 6) is 1.20. The molecule has 0 aliphatic carbocycles. The monoisotopic (exact) mass is 636 g/mol. The molecule has 3 rings (SSSR count). The zero-order valence-electron chi connectivity index (χ0n) is 28.8. The fourth-order valence-corrected chi connectivity index (χ4v) is 5.93. The van der Waals surface area contributed by atoms with Crippen molar-refractivity contribution in [2.45, 2.75) is 128 Å². The molecular weight excluding hydrogens is 576 g/mol. The van der Waals surface area contributed by atoms with Crippen LogP contribution in [0, 0.1) is 0 Å². The Hall–Kier alpha value is -2.83.